The predicted molar refractivity (Wildman–Crippen MR) is 245 cm³/mol. The fourth-order valence-corrected chi connectivity index (χ4v) is 9.99. The summed E-state index contributed by atoms with van der Waals surface area (Å²) in [5.41, 5.74) is 10.9. The highest BCUT2D eigenvalue weighted by atomic mass is 16.3. The summed E-state index contributed by atoms with van der Waals surface area (Å²) in [4.78, 5) is 0. The van der Waals surface area contributed by atoms with Crippen LogP contribution >= 0.6 is 0 Å². The Labute approximate surface area is 332 Å². The van der Waals surface area contributed by atoms with Gasteiger partial charge in [-0.25, -0.2) is 0 Å². The van der Waals surface area contributed by atoms with Crippen molar-refractivity contribution in [2.24, 2.45) is 0 Å². The number of hydrogen-bond donors (Lipinski definition) is 0. The number of hydrogen-bond acceptors (Lipinski definition) is 2. The van der Waals surface area contributed by atoms with Crippen LogP contribution in [-0.4, -0.2) is 0 Å². The van der Waals surface area contributed by atoms with Crippen LogP contribution in [0.4, 0.5) is 0 Å². The first-order chi connectivity index (χ1) is 28.8. The molecule has 2 aromatic heterocycles. The highest BCUT2D eigenvalue weighted by molar-refractivity contribution is 6.34. The van der Waals surface area contributed by atoms with Crippen LogP contribution in [0.3, 0.4) is 0 Å². The standard InChI is InChI=1S/C56H32O2/c1-2-16-35-33(14-1)15-13-26-39(35)51-40-19-5-7-21-42(40)52(43-22-8-6-20-41(43)51)44-31-30-36(37-17-3-4-18-38(37)44)34-28-29-48-50(32-34)58-56-46-24-10-9-23-45(46)55-53(54(48)56)47-25-11-12-27-49(47)57-55/h1-32H. The molecule has 0 aliphatic rings. The molecule has 11 aromatic carbocycles. The van der Waals surface area contributed by atoms with Gasteiger partial charge in [-0.1, -0.05) is 176 Å². The zero-order valence-corrected chi connectivity index (χ0v) is 31.3. The first-order valence-electron chi connectivity index (χ1n) is 19.9. The Bertz CT molecular complexity index is 3800. The zero-order chi connectivity index (χ0) is 37.9. The van der Waals surface area contributed by atoms with Gasteiger partial charge in [0.25, 0.3) is 0 Å². The third-order valence-corrected chi connectivity index (χ3v) is 12.4. The highest BCUT2D eigenvalue weighted by Crippen LogP contribution is 2.49. The fraction of sp³-hybridized carbons (Fsp3) is 0. The van der Waals surface area contributed by atoms with E-state index in [1.54, 1.807) is 0 Å². The summed E-state index contributed by atoms with van der Waals surface area (Å²) >= 11 is 0. The summed E-state index contributed by atoms with van der Waals surface area (Å²) in [5, 5.41) is 16.5. The van der Waals surface area contributed by atoms with Crippen LogP contribution in [0.2, 0.25) is 0 Å². The van der Waals surface area contributed by atoms with Gasteiger partial charge in [0.15, 0.2) is 0 Å². The molecule has 2 heterocycles. The molecule has 0 aliphatic heterocycles. The van der Waals surface area contributed by atoms with Crippen molar-refractivity contribution in [3.8, 4) is 33.4 Å². The van der Waals surface area contributed by atoms with Crippen LogP contribution in [0.1, 0.15) is 0 Å². The Kier molecular flexibility index (Phi) is 6.47. The minimum absolute atomic E-state index is 0.865. The molecule has 0 bridgehead atoms. The van der Waals surface area contributed by atoms with Crippen LogP contribution in [0.5, 0.6) is 0 Å². The van der Waals surface area contributed by atoms with E-state index in [-0.39, 0.29) is 0 Å². The average molecular weight is 737 g/mol. The van der Waals surface area contributed by atoms with E-state index in [0.29, 0.717) is 0 Å². The van der Waals surface area contributed by atoms with Crippen molar-refractivity contribution in [1.29, 1.82) is 0 Å². The van der Waals surface area contributed by atoms with Gasteiger partial charge in [0.05, 0.1) is 0 Å². The number of para-hydroxylation sites is 1. The van der Waals surface area contributed by atoms with Crippen molar-refractivity contribution < 1.29 is 8.83 Å². The maximum absolute atomic E-state index is 6.89. The van der Waals surface area contributed by atoms with Gasteiger partial charge in [-0.05, 0) is 94.7 Å². The normalized spacial score (nSPS) is 12.1. The van der Waals surface area contributed by atoms with Crippen LogP contribution in [0, 0.1) is 0 Å². The number of fused-ring (bicyclic) bond motifs is 14. The lowest BCUT2D eigenvalue weighted by Crippen LogP contribution is -1.93. The molecule has 13 rings (SSSR count). The highest BCUT2D eigenvalue weighted by Gasteiger charge is 2.23. The molecule has 13 aromatic rings. The smallest absolute Gasteiger partial charge is 0.144 e. The van der Waals surface area contributed by atoms with Gasteiger partial charge >= 0.3 is 0 Å². The molecule has 58 heavy (non-hydrogen) atoms. The molecule has 0 amide bonds. The Morgan fingerprint density at radius 1 is 0.259 bits per heavy atom. The van der Waals surface area contributed by atoms with E-state index in [2.05, 4.69) is 188 Å². The Morgan fingerprint density at radius 3 is 1.33 bits per heavy atom. The molecule has 0 atom stereocenters. The van der Waals surface area contributed by atoms with Crippen LogP contribution < -0.4 is 0 Å². The van der Waals surface area contributed by atoms with Gasteiger partial charge in [0.2, 0.25) is 0 Å². The van der Waals surface area contributed by atoms with E-state index in [0.717, 1.165) is 60.2 Å². The van der Waals surface area contributed by atoms with Crippen LogP contribution in [-0.2, 0) is 0 Å². The predicted octanol–water partition coefficient (Wildman–Crippen LogP) is 16.3. The molecule has 0 radical (unpaired) electrons. The second-order valence-corrected chi connectivity index (χ2v) is 15.4. The maximum atomic E-state index is 6.89. The Morgan fingerprint density at radius 2 is 0.690 bits per heavy atom. The van der Waals surface area contributed by atoms with Gasteiger partial charge in [-0.15, -0.1) is 0 Å². The fourth-order valence-electron chi connectivity index (χ4n) is 9.99. The second kappa shape index (κ2) is 11.9. The third kappa shape index (κ3) is 4.32. The van der Waals surface area contributed by atoms with E-state index < -0.39 is 0 Å². The van der Waals surface area contributed by atoms with E-state index in [9.17, 15) is 0 Å². The van der Waals surface area contributed by atoms with Crippen molar-refractivity contribution in [2.75, 3.05) is 0 Å². The van der Waals surface area contributed by atoms with E-state index in [4.69, 9.17) is 8.83 Å². The van der Waals surface area contributed by atoms with E-state index in [1.165, 1.54) is 70.9 Å². The number of benzene rings is 11. The van der Waals surface area contributed by atoms with Crippen LogP contribution in [0.15, 0.2) is 203 Å². The molecular weight excluding hydrogens is 705 g/mol. The quantitative estimate of drug-likeness (QED) is 0.169. The summed E-state index contributed by atoms with van der Waals surface area (Å²) in [7, 11) is 0. The Balaban J connectivity index is 1.05. The molecule has 0 aliphatic carbocycles. The molecule has 268 valence electrons. The van der Waals surface area contributed by atoms with Crippen molar-refractivity contribution in [1.82, 2.24) is 0 Å². The average Bonchev–Trinajstić information content (AvgIpc) is 3.87. The minimum Gasteiger partial charge on any atom is -0.455 e. The lowest BCUT2D eigenvalue weighted by molar-refractivity contribution is 0.668. The van der Waals surface area contributed by atoms with Crippen molar-refractivity contribution in [3.63, 3.8) is 0 Å². The van der Waals surface area contributed by atoms with Crippen molar-refractivity contribution >= 4 is 97.7 Å². The second-order valence-electron chi connectivity index (χ2n) is 15.4. The minimum atomic E-state index is 0.865. The molecule has 0 spiro atoms. The van der Waals surface area contributed by atoms with Gasteiger partial charge in [0, 0.05) is 32.3 Å². The number of furan rings is 2. The topological polar surface area (TPSA) is 26.3 Å². The lowest BCUT2D eigenvalue weighted by Gasteiger charge is -2.20. The van der Waals surface area contributed by atoms with Gasteiger partial charge < -0.3 is 8.83 Å². The molecule has 0 saturated carbocycles. The van der Waals surface area contributed by atoms with E-state index >= 15 is 0 Å². The first kappa shape index (κ1) is 31.5. The molecule has 0 unspecified atom stereocenters. The van der Waals surface area contributed by atoms with Gasteiger partial charge in [-0.2, -0.15) is 0 Å². The monoisotopic (exact) mass is 736 g/mol. The Hall–Kier alpha value is -7.68. The first-order valence-corrected chi connectivity index (χ1v) is 19.9. The van der Waals surface area contributed by atoms with Gasteiger partial charge in [-0.3, -0.25) is 0 Å². The van der Waals surface area contributed by atoms with E-state index in [1.807, 2.05) is 6.07 Å². The summed E-state index contributed by atoms with van der Waals surface area (Å²) in [5.74, 6) is 0. The molecule has 0 N–H and O–H groups in total. The third-order valence-electron chi connectivity index (χ3n) is 12.4. The molecule has 2 heteroatoms. The number of rotatable bonds is 3. The molecule has 2 nitrogen and oxygen atoms in total. The summed E-state index contributed by atoms with van der Waals surface area (Å²) < 4.78 is 13.4. The summed E-state index contributed by atoms with van der Waals surface area (Å²) in [6.45, 7) is 0. The molecule has 0 fully saturated rings. The van der Waals surface area contributed by atoms with Crippen molar-refractivity contribution in [2.45, 2.75) is 0 Å². The van der Waals surface area contributed by atoms with Gasteiger partial charge in [0.1, 0.15) is 22.3 Å². The summed E-state index contributed by atoms with van der Waals surface area (Å²) in [6, 6.07) is 70.3. The zero-order valence-electron chi connectivity index (χ0n) is 31.3. The van der Waals surface area contributed by atoms with Crippen molar-refractivity contribution in [3.05, 3.63) is 194 Å². The van der Waals surface area contributed by atoms with Crippen LogP contribution in [0.25, 0.3) is 131 Å². The SMILES string of the molecule is c1ccc2c(-c3c4ccccc4c(-c4ccc(-c5ccc6c(c5)oc5c7ccccc7c7oc8ccccc8c7c65)c5ccccc45)c4ccccc34)cccc2c1. The maximum Gasteiger partial charge on any atom is 0.144 e. The largest absolute Gasteiger partial charge is 0.455 e. The summed E-state index contributed by atoms with van der Waals surface area (Å²) in [6.07, 6.45) is 0. The molecule has 0 saturated heterocycles. The molecular formula is C56H32O2. The lowest BCUT2D eigenvalue weighted by atomic mass is 9.83.